The van der Waals surface area contributed by atoms with Crippen molar-refractivity contribution in [1.82, 2.24) is 15.1 Å². The standard InChI is InChI=1S/C15H23N3O3/c19-14(17-13-7-4-2-1-3-5-8-13)12-21-15(20)11-18-10-6-9-16-18/h6,9-10,13H,1-5,7-8,11-12H2,(H,17,19). The number of rotatable bonds is 5. The van der Waals surface area contributed by atoms with Crippen LogP contribution in [-0.2, 0) is 20.9 Å². The molecule has 6 nitrogen and oxygen atoms in total. The summed E-state index contributed by atoms with van der Waals surface area (Å²) in [6.07, 6.45) is 11.4. The first kappa shape index (κ1) is 15.5. The Bertz CT molecular complexity index is 437. The molecule has 0 radical (unpaired) electrons. The highest BCUT2D eigenvalue weighted by Gasteiger charge is 2.15. The van der Waals surface area contributed by atoms with E-state index in [-0.39, 0.29) is 25.1 Å². The SMILES string of the molecule is O=C(COC(=O)Cn1cccn1)NC1CCCCCCC1. The Morgan fingerprint density at radius 3 is 2.57 bits per heavy atom. The molecule has 1 aromatic heterocycles. The monoisotopic (exact) mass is 293 g/mol. The molecular formula is C15H23N3O3. The number of esters is 1. The van der Waals surface area contributed by atoms with E-state index in [0.717, 1.165) is 25.7 Å². The maximum atomic E-state index is 11.8. The van der Waals surface area contributed by atoms with Crippen LogP contribution in [0.1, 0.15) is 44.9 Å². The molecule has 1 aromatic rings. The summed E-state index contributed by atoms with van der Waals surface area (Å²) >= 11 is 0. The first-order chi connectivity index (χ1) is 10.2. The van der Waals surface area contributed by atoms with Crippen LogP contribution in [-0.4, -0.2) is 34.3 Å². The van der Waals surface area contributed by atoms with Crippen LogP contribution < -0.4 is 5.32 Å². The number of nitrogens with zero attached hydrogens (tertiary/aromatic N) is 2. The lowest BCUT2D eigenvalue weighted by Gasteiger charge is -2.20. The molecule has 0 saturated heterocycles. The van der Waals surface area contributed by atoms with Crippen molar-refractivity contribution in [2.45, 2.75) is 57.5 Å². The van der Waals surface area contributed by atoms with Crippen molar-refractivity contribution in [3.8, 4) is 0 Å². The van der Waals surface area contributed by atoms with Crippen molar-refractivity contribution in [3.05, 3.63) is 18.5 Å². The van der Waals surface area contributed by atoms with Crippen LogP contribution in [0.15, 0.2) is 18.5 Å². The van der Waals surface area contributed by atoms with Gasteiger partial charge in [0.05, 0.1) is 0 Å². The van der Waals surface area contributed by atoms with Gasteiger partial charge in [-0.25, -0.2) is 0 Å². The molecule has 1 saturated carbocycles. The van der Waals surface area contributed by atoms with Crippen molar-refractivity contribution in [2.75, 3.05) is 6.61 Å². The van der Waals surface area contributed by atoms with Crippen LogP contribution in [0.5, 0.6) is 0 Å². The zero-order valence-corrected chi connectivity index (χ0v) is 12.3. The second kappa shape index (κ2) is 8.44. The maximum Gasteiger partial charge on any atom is 0.328 e. The first-order valence-electron chi connectivity index (χ1n) is 7.66. The van der Waals surface area contributed by atoms with E-state index in [2.05, 4.69) is 10.4 Å². The van der Waals surface area contributed by atoms with Crippen molar-refractivity contribution < 1.29 is 14.3 Å². The lowest BCUT2D eigenvalue weighted by atomic mass is 9.97. The first-order valence-corrected chi connectivity index (χ1v) is 7.66. The number of nitrogens with one attached hydrogen (secondary N) is 1. The molecule has 0 aliphatic heterocycles. The van der Waals surface area contributed by atoms with E-state index in [9.17, 15) is 9.59 Å². The van der Waals surface area contributed by atoms with Crippen LogP contribution in [0.4, 0.5) is 0 Å². The highest BCUT2D eigenvalue weighted by atomic mass is 16.5. The number of hydrogen-bond donors (Lipinski definition) is 1. The van der Waals surface area contributed by atoms with E-state index in [4.69, 9.17) is 4.74 Å². The number of hydrogen-bond acceptors (Lipinski definition) is 4. The largest absolute Gasteiger partial charge is 0.454 e. The van der Waals surface area contributed by atoms with Crippen molar-refractivity contribution in [3.63, 3.8) is 0 Å². The Hall–Kier alpha value is -1.85. The number of carbonyl (C=O) groups is 2. The van der Waals surface area contributed by atoms with Gasteiger partial charge in [0.15, 0.2) is 6.61 Å². The van der Waals surface area contributed by atoms with Crippen molar-refractivity contribution in [2.24, 2.45) is 0 Å². The molecule has 116 valence electrons. The Kier molecular flexibility index (Phi) is 6.24. The van der Waals surface area contributed by atoms with Crippen molar-refractivity contribution >= 4 is 11.9 Å². The van der Waals surface area contributed by atoms with Gasteiger partial charge in [-0.2, -0.15) is 5.10 Å². The van der Waals surface area contributed by atoms with Gasteiger partial charge in [-0.05, 0) is 18.9 Å². The molecule has 1 amide bonds. The summed E-state index contributed by atoms with van der Waals surface area (Å²) in [5.74, 6) is -0.666. The van der Waals surface area contributed by atoms with Crippen LogP contribution in [0.3, 0.4) is 0 Å². The third-order valence-corrected chi connectivity index (χ3v) is 3.68. The van der Waals surface area contributed by atoms with Gasteiger partial charge < -0.3 is 10.1 Å². The van der Waals surface area contributed by atoms with E-state index in [1.165, 1.54) is 23.9 Å². The minimum atomic E-state index is -0.452. The van der Waals surface area contributed by atoms with E-state index >= 15 is 0 Å². The molecule has 1 aliphatic rings. The van der Waals surface area contributed by atoms with Crippen LogP contribution >= 0.6 is 0 Å². The molecule has 6 heteroatoms. The topological polar surface area (TPSA) is 73.2 Å². The Morgan fingerprint density at radius 2 is 1.90 bits per heavy atom. The molecule has 0 atom stereocenters. The van der Waals surface area contributed by atoms with Crippen LogP contribution in [0.2, 0.25) is 0 Å². The minimum absolute atomic E-state index is 0.0315. The molecule has 0 unspecified atom stereocenters. The highest BCUT2D eigenvalue weighted by molar-refractivity contribution is 5.80. The van der Waals surface area contributed by atoms with Gasteiger partial charge in [0.1, 0.15) is 6.54 Å². The fourth-order valence-corrected chi connectivity index (χ4v) is 2.59. The molecule has 1 N–H and O–H groups in total. The normalized spacial score (nSPS) is 16.8. The summed E-state index contributed by atoms with van der Waals surface area (Å²) < 4.78 is 6.43. The molecule has 21 heavy (non-hydrogen) atoms. The maximum absolute atomic E-state index is 11.8. The molecule has 0 aromatic carbocycles. The molecule has 0 bridgehead atoms. The van der Waals surface area contributed by atoms with Crippen LogP contribution in [0, 0.1) is 0 Å². The zero-order chi connectivity index (χ0) is 14.9. The average molecular weight is 293 g/mol. The number of carbonyl (C=O) groups excluding carboxylic acids is 2. The fourth-order valence-electron chi connectivity index (χ4n) is 2.59. The third-order valence-electron chi connectivity index (χ3n) is 3.68. The predicted octanol–water partition coefficient (Wildman–Crippen LogP) is 1.66. The number of aromatic nitrogens is 2. The third kappa shape index (κ3) is 5.97. The fraction of sp³-hybridized carbons (Fsp3) is 0.667. The molecule has 1 heterocycles. The van der Waals surface area contributed by atoms with Crippen LogP contribution in [0.25, 0.3) is 0 Å². The summed E-state index contributed by atoms with van der Waals surface area (Å²) in [5.41, 5.74) is 0. The van der Waals surface area contributed by atoms with Gasteiger partial charge in [-0.3, -0.25) is 14.3 Å². The van der Waals surface area contributed by atoms with Gasteiger partial charge in [-0.1, -0.05) is 32.1 Å². The summed E-state index contributed by atoms with van der Waals surface area (Å²) in [5, 5.41) is 6.87. The second-order valence-corrected chi connectivity index (χ2v) is 5.47. The van der Waals surface area contributed by atoms with Crippen molar-refractivity contribution in [1.29, 1.82) is 0 Å². The summed E-state index contributed by atoms with van der Waals surface area (Å²) in [7, 11) is 0. The van der Waals surface area contributed by atoms with Gasteiger partial charge in [0, 0.05) is 18.4 Å². The molecule has 1 fully saturated rings. The average Bonchev–Trinajstić information content (AvgIpc) is 2.92. The number of ether oxygens (including phenoxy) is 1. The Morgan fingerprint density at radius 1 is 1.19 bits per heavy atom. The van der Waals surface area contributed by atoms with E-state index in [0.29, 0.717) is 0 Å². The van der Waals surface area contributed by atoms with Gasteiger partial charge in [-0.15, -0.1) is 0 Å². The summed E-state index contributed by atoms with van der Waals surface area (Å²) in [6, 6.07) is 1.96. The van der Waals surface area contributed by atoms with Gasteiger partial charge in [0.2, 0.25) is 0 Å². The second-order valence-electron chi connectivity index (χ2n) is 5.47. The molecule has 2 rings (SSSR count). The van der Waals surface area contributed by atoms with Gasteiger partial charge >= 0.3 is 5.97 Å². The Balaban J connectivity index is 1.65. The lowest BCUT2D eigenvalue weighted by molar-refractivity contribution is -0.149. The smallest absolute Gasteiger partial charge is 0.328 e. The Labute approximate surface area is 124 Å². The van der Waals surface area contributed by atoms with E-state index in [1.807, 2.05) is 0 Å². The molecule has 0 spiro atoms. The zero-order valence-electron chi connectivity index (χ0n) is 12.3. The summed E-state index contributed by atoms with van der Waals surface area (Å²) in [6.45, 7) is -0.180. The number of amides is 1. The lowest BCUT2D eigenvalue weighted by Crippen LogP contribution is -2.38. The minimum Gasteiger partial charge on any atom is -0.454 e. The molecular weight excluding hydrogens is 270 g/mol. The predicted molar refractivity (Wildman–Crippen MR) is 77.4 cm³/mol. The summed E-state index contributed by atoms with van der Waals surface area (Å²) in [4.78, 5) is 23.4. The highest BCUT2D eigenvalue weighted by Crippen LogP contribution is 2.16. The van der Waals surface area contributed by atoms with E-state index in [1.54, 1.807) is 18.5 Å². The van der Waals surface area contributed by atoms with E-state index < -0.39 is 5.97 Å². The van der Waals surface area contributed by atoms with Gasteiger partial charge in [0.25, 0.3) is 5.91 Å². The molecule has 1 aliphatic carbocycles. The quantitative estimate of drug-likeness (QED) is 0.838.